The highest BCUT2D eigenvalue weighted by Gasteiger charge is 1.92. The van der Waals surface area contributed by atoms with Gasteiger partial charge in [0.25, 0.3) is 0 Å². The van der Waals surface area contributed by atoms with Crippen molar-refractivity contribution in [1.29, 1.82) is 0 Å². The molecule has 6 heavy (non-hydrogen) atoms. The molecule has 2 heteroatoms. The van der Waals surface area contributed by atoms with Crippen molar-refractivity contribution in [1.82, 2.24) is 0 Å². The first-order chi connectivity index (χ1) is 2.81. The minimum atomic E-state index is -0.326. The lowest BCUT2D eigenvalue weighted by molar-refractivity contribution is 0.213. The summed E-state index contributed by atoms with van der Waals surface area (Å²) in [7, 11) is 0. The van der Waals surface area contributed by atoms with Crippen LogP contribution in [0.2, 0.25) is 0 Å². The molecular formula is C4H9OS. The Hall–Kier alpha value is 0.310. The van der Waals surface area contributed by atoms with E-state index < -0.39 is 0 Å². The fourth-order valence-electron chi connectivity index (χ4n) is 0.105. The van der Waals surface area contributed by atoms with Gasteiger partial charge in [0.15, 0.2) is 0 Å². The highest BCUT2D eigenvalue weighted by molar-refractivity contribution is 7.82. The molecule has 1 atom stereocenters. The number of hydrogen-bond donors (Lipinski definition) is 2. The van der Waals surface area contributed by atoms with Crippen LogP contribution in [0.25, 0.3) is 0 Å². The van der Waals surface area contributed by atoms with Crippen LogP contribution in [0.1, 0.15) is 13.3 Å². The molecule has 0 aliphatic carbocycles. The lowest BCUT2D eigenvalue weighted by Crippen LogP contribution is -1.99. The third-order valence-electron chi connectivity index (χ3n) is 0.590. The number of hydrogen-bond acceptors (Lipinski definition) is 2. The SMILES string of the molecule is CCC(O)[CH]S. The summed E-state index contributed by atoms with van der Waals surface area (Å²) in [4.78, 5) is 0. The molecule has 0 bridgehead atoms. The van der Waals surface area contributed by atoms with Crippen molar-refractivity contribution in [2.75, 3.05) is 0 Å². The molecular weight excluding hydrogens is 96.1 g/mol. The van der Waals surface area contributed by atoms with Gasteiger partial charge in [0, 0.05) is 5.75 Å². The maximum atomic E-state index is 8.53. The van der Waals surface area contributed by atoms with E-state index in [-0.39, 0.29) is 6.10 Å². The quantitative estimate of drug-likeness (QED) is 0.499. The molecule has 0 saturated heterocycles. The van der Waals surface area contributed by atoms with Gasteiger partial charge in [-0.3, -0.25) is 0 Å². The molecule has 37 valence electrons. The second kappa shape index (κ2) is 3.50. The van der Waals surface area contributed by atoms with Crippen LogP contribution in [-0.4, -0.2) is 11.2 Å². The summed E-state index contributed by atoms with van der Waals surface area (Å²) in [5.41, 5.74) is 0. The van der Waals surface area contributed by atoms with Crippen molar-refractivity contribution >= 4 is 12.6 Å². The van der Waals surface area contributed by atoms with Gasteiger partial charge in [-0.1, -0.05) is 6.92 Å². The van der Waals surface area contributed by atoms with Crippen LogP contribution >= 0.6 is 12.6 Å². The summed E-state index contributed by atoms with van der Waals surface area (Å²) in [5, 5.41) is 8.53. The summed E-state index contributed by atoms with van der Waals surface area (Å²) < 4.78 is 0. The van der Waals surface area contributed by atoms with Crippen LogP contribution in [0.3, 0.4) is 0 Å². The van der Waals surface area contributed by atoms with E-state index in [1.54, 1.807) is 0 Å². The fourth-order valence-corrected chi connectivity index (χ4v) is 0.316. The molecule has 0 aromatic rings. The monoisotopic (exact) mass is 105 g/mol. The summed E-state index contributed by atoms with van der Waals surface area (Å²) in [6.45, 7) is 1.90. The standard InChI is InChI=1S/C4H9OS/c1-2-4(5)3-6/h3-6H,2H2,1H3. The molecule has 0 fully saturated rings. The molecule has 0 aliphatic heterocycles. The Morgan fingerprint density at radius 2 is 2.50 bits per heavy atom. The summed E-state index contributed by atoms with van der Waals surface area (Å²) in [5.74, 6) is 1.47. The number of aliphatic hydroxyl groups excluding tert-OH is 1. The molecule has 0 spiro atoms. The Kier molecular flexibility index (Phi) is 3.68. The van der Waals surface area contributed by atoms with E-state index in [1.807, 2.05) is 6.92 Å². The van der Waals surface area contributed by atoms with Crippen LogP contribution in [0.4, 0.5) is 0 Å². The molecule has 0 aromatic carbocycles. The van der Waals surface area contributed by atoms with Crippen molar-refractivity contribution in [3.63, 3.8) is 0 Å². The molecule has 0 heterocycles. The highest BCUT2D eigenvalue weighted by Crippen LogP contribution is 1.95. The third kappa shape index (κ3) is 2.54. The van der Waals surface area contributed by atoms with Crippen LogP contribution in [0, 0.1) is 5.75 Å². The predicted molar refractivity (Wildman–Crippen MR) is 29.6 cm³/mol. The van der Waals surface area contributed by atoms with E-state index in [0.717, 1.165) is 6.42 Å². The van der Waals surface area contributed by atoms with Gasteiger partial charge >= 0.3 is 0 Å². The molecule has 0 aliphatic rings. The maximum Gasteiger partial charge on any atom is 0.0665 e. The number of aliphatic hydroxyl groups is 1. The lowest BCUT2D eigenvalue weighted by atomic mass is 10.3. The van der Waals surface area contributed by atoms with Gasteiger partial charge in [-0.05, 0) is 6.42 Å². The largest absolute Gasteiger partial charge is 0.392 e. The molecule has 1 radical (unpaired) electrons. The van der Waals surface area contributed by atoms with E-state index in [0.29, 0.717) is 0 Å². The Balaban J connectivity index is 2.75. The molecule has 1 nitrogen and oxygen atoms in total. The molecule has 0 saturated carbocycles. The Labute approximate surface area is 43.8 Å². The van der Waals surface area contributed by atoms with Crippen molar-refractivity contribution in [2.45, 2.75) is 19.4 Å². The minimum Gasteiger partial charge on any atom is -0.392 e. The second-order valence-electron chi connectivity index (χ2n) is 1.12. The normalized spacial score (nSPS) is 14.5. The van der Waals surface area contributed by atoms with Crippen LogP contribution in [0.15, 0.2) is 0 Å². The average molecular weight is 105 g/mol. The molecule has 0 amide bonds. The first-order valence-electron chi connectivity index (χ1n) is 1.97. The topological polar surface area (TPSA) is 20.2 Å². The van der Waals surface area contributed by atoms with E-state index in [1.165, 1.54) is 5.75 Å². The molecule has 1 N–H and O–H groups in total. The van der Waals surface area contributed by atoms with Crippen LogP contribution < -0.4 is 0 Å². The van der Waals surface area contributed by atoms with E-state index in [4.69, 9.17) is 5.11 Å². The highest BCUT2D eigenvalue weighted by atomic mass is 32.1. The molecule has 0 rings (SSSR count). The van der Waals surface area contributed by atoms with E-state index in [9.17, 15) is 0 Å². The average Bonchev–Trinajstić information content (AvgIpc) is 1.65. The molecule has 0 aromatic heterocycles. The van der Waals surface area contributed by atoms with Gasteiger partial charge in [-0.15, -0.1) is 0 Å². The van der Waals surface area contributed by atoms with Gasteiger partial charge < -0.3 is 5.11 Å². The second-order valence-corrected chi connectivity index (χ2v) is 1.42. The number of thiol groups is 1. The summed E-state index contributed by atoms with van der Waals surface area (Å²) >= 11 is 3.72. The van der Waals surface area contributed by atoms with Gasteiger partial charge in [0.05, 0.1) is 6.10 Å². The van der Waals surface area contributed by atoms with Gasteiger partial charge in [-0.25, -0.2) is 0 Å². The first-order valence-corrected chi connectivity index (χ1v) is 2.48. The zero-order valence-corrected chi connectivity index (χ0v) is 4.65. The van der Waals surface area contributed by atoms with Crippen LogP contribution in [0.5, 0.6) is 0 Å². The van der Waals surface area contributed by atoms with Crippen molar-refractivity contribution in [3.8, 4) is 0 Å². The molecule has 1 unspecified atom stereocenters. The summed E-state index contributed by atoms with van der Waals surface area (Å²) in [6, 6.07) is 0. The van der Waals surface area contributed by atoms with Gasteiger partial charge in [0.1, 0.15) is 0 Å². The smallest absolute Gasteiger partial charge is 0.0665 e. The fraction of sp³-hybridized carbons (Fsp3) is 0.750. The third-order valence-corrected chi connectivity index (χ3v) is 0.935. The zero-order valence-electron chi connectivity index (χ0n) is 3.76. The van der Waals surface area contributed by atoms with Gasteiger partial charge in [0.2, 0.25) is 0 Å². The first kappa shape index (κ1) is 6.31. The van der Waals surface area contributed by atoms with Crippen molar-refractivity contribution in [2.24, 2.45) is 0 Å². The lowest BCUT2D eigenvalue weighted by Gasteiger charge is -1.97. The van der Waals surface area contributed by atoms with Gasteiger partial charge in [-0.2, -0.15) is 12.6 Å². The van der Waals surface area contributed by atoms with E-state index >= 15 is 0 Å². The number of rotatable bonds is 2. The van der Waals surface area contributed by atoms with Crippen molar-refractivity contribution < 1.29 is 5.11 Å². The predicted octanol–water partition coefficient (Wildman–Crippen LogP) is 0.849. The van der Waals surface area contributed by atoms with Crippen LogP contribution in [-0.2, 0) is 0 Å². The minimum absolute atomic E-state index is 0.326. The Bertz CT molecular complexity index is 26.7. The Morgan fingerprint density at radius 1 is 2.00 bits per heavy atom. The van der Waals surface area contributed by atoms with Crippen molar-refractivity contribution in [3.05, 3.63) is 5.75 Å². The zero-order chi connectivity index (χ0) is 4.99. The van der Waals surface area contributed by atoms with E-state index in [2.05, 4.69) is 12.6 Å². The maximum absolute atomic E-state index is 8.53. The Morgan fingerprint density at radius 3 is 2.50 bits per heavy atom. The summed E-state index contributed by atoms with van der Waals surface area (Å²) in [6.07, 6.45) is 0.428.